The van der Waals surface area contributed by atoms with E-state index in [9.17, 15) is 4.21 Å². The van der Waals surface area contributed by atoms with E-state index in [1.807, 2.05) is 11.4 Å². The number of hydrogen-bond acceptors (Lipinski definition) is 4. The number of nitrogens with two attached hydrogens (primary N) is 1. The Morgan fingerprint density at radius 2 is 2.22 bits per heavy atom. The first-order valence-electron chi connectivity index (χ1n) is 5.55. The highest BCUT2D eigenvalue weighted by Gasteiger charge is 2.11. The highest BCUT2D eigenvalue weighted by Crippen LogP contribution is 2.25. The van der Waals surface area contributed by atoms with Gasteiger partial charge in [-0.25, -0.2) is 0 Å². The maximum absolute atomic E-state index is 12.2. The van der Waals surface area contributed by atoms with Crippen molar-refractivity contribution in [3.63, 3.8) is 0 Å². The lowest BCUT2D eigenvalue weighted by Gasteiger charge is -2.08. The van der Waals surface area contributed by atoms with Gasteiger partial charge in [-0.3, -0.25) is 4.21 Å². The lowest BCUT2D eigenvalue weighted by Crippen LogP contribution is -2.03. The van der Waals surface area contributed by atoms with E-state index in [4.69, 9.17) is 10.5 Å². The van der Waals surface area contributed by atoms with Crippen LogP contribution in [0.4, 0.5) is 5.69 Å². The zero-order valence-electron chi connectivity index (χ0n) is 10.1. The Bertz CT molecular complexity index is 538. The third kappa shape index (κ3) is 3.11. The number of rotatable bonds is 5. The van der Waals surface area contributed by atoms with Crippen molar-refractivity contribution in [2.75, 3.05) is 18.6 Å². The number of hydrogen-bond donors (Lipinski definition) is 1. The molecule has 1 atom stereocenters. The smallest absolute Gasteiger partial charge is 0.137 e. The highest BCUT2D eigenvalue weighted by atomic mass is 32.2. The topological polar surface area (TPSA) is 52.3 Å². The highest BCUT2D eigenvalue weighted by molar-refractivity contribution is 7.85. The van der Waals surface area contributed by atoms with Crippen molar-refractivity contribution in [3.05, 3.63) is 40.6 Å². The van der Waals surface area contributed by atoms with Crippen molar-refractivity contribution < 1.29 is 8.95 Å². The molecule has 0 aliphatic rings. The molecule has 2 rings (SSSR count). The summed E-state index contributed by atoms with van der Waals surface area (Å²) in [6.45, 7) is 0. The Kier molecular flexibility index (Phi) is 4.38. The molecular weight excluding hydrogens is 266 g/mol. The molecule has 1 aromatic carbocycles. The zero-order chi connectivity index (χ0) is 13.0. The fourth-order valence-corrected chi connectivity index (χ4v) is 3.68. The first-order valence-corrected chi connectivity index (χ1v) is 7.75. The second-order valence-electron chi connectivity index (χ2n) is 3.79. The first-order chi connectivity index (χ1) is 8.70. The zero-order valence-corrected chi connectivity index (χ0v) is 11.7. The molecule has 1 heterocycles. The molecular formula is C13H15NO2S2. The SMILES string of the molecule is COc1cc(N)ccc1S(=O)CCc1cccs1. The number of benzene rings is 1. The van der Waals surface area contributed by atoms with E-state index < -0.39 is 10.8 Å². The summed E-state index contributed by atoms with van der Waals surface area (Å²) in [6, 6.07) is 9.30. The Morgan fingerprint density at radius 3 is 2.89 bits per heavy atom. The van der Waals surface area contributed by atoms with Gasteiger partial charge in [0.25, 0.3) is 0 Å². The minimum atomic E-state index is -1.06. The van der Waals surface area contributed by atoms with Crippen LogP contribution in [0.5, 0.6) is 5.75 Å². The average molecular weight is 281 g/mol. The lowest BCUT2D eigenvalue weighted by molar-refractivity contribution is 0.404. The lowest BCUT2D eigenvalue weighted by atomic mass is 10.3. The minimum absolute atomic E-state index is 0.597. The number of anilines is 1. The first kappa shape index (κ1) is 13.1. The van der Waals surface area contributed by atoms with Gasteiger partial charge >= 0.3 is 0 Å². The number of thiophene rings is 1. The van der Waals surface area contributed by atoms with Gasteiger partial charge in [-0.1, -0.05) is 6.07 Å². The molecule has 1 aromatic heterocycles. The molecule has 1 unspecified atom stereocenters. The summed E-state index contributed by atoms with van der Waals surface area (Å²) in [4.78, 5) is 1.96. The third-order valence-corrected chi connectivity index (χ3v) is 4.89. The average Bonchev–Trinajstić information content (AvgIpc) is 2.88. The van der Waals surface area contributed by atoms with Gasteiger partial charge in [0, 0.05) is 22.4 Å². The van der Waals surface area contributed by atoms with Crippen LogP contribution in [-0.2, 0) is 17.2 Å². The van der Waals surface area contributed by atoms with Gasteiger partial charge in [-0.15, -0.1) is 11.3 Å². The van der Waals surface area contributed by atoms with E-state index in [2.05, 4.69) is 6.07 Å². The normalized spacial score (nSPS) is 12.3. The molecule has 0 fully saturated rings. The fraction of sp³-hybridized carbons (Fsp3) is 0.231. The second-order valence-corrected chi connectivity index (χ2v) is 6.36. The van der Waals surface area contributed by atoms with E-state index in [0.717, 1.165) is 6.42 Å². The standard InChI is InChI=1S/C13H15NO2S2/c1-16-12-9-10(14)4-5-13(12)18(15)8-6-11-3-2-7-17-11/h2-5,7,9H,6,8,14H2,1H3. The van der Waals surface area contributed by atoms with Gasteiger partial charge in [0.1, 0.15) is 5.75 Å². The van der Waals surface area contributed by atoms with Gasteiger partial charge < -0.3 is 10.5 Å². The van der Waals surface area contributed by atoms with Crippen LogP contribution in [0.3, 0.4) is 0 Å². The number of methoxy groups -OCH3 is 1. The van der Waals surface area contributed by atoms with Crippen LogP contribution >= 0.6 is 11.3 Å². The summed E-state index contributed by atoms with van der Waals surface area (Å²) >= 11 is 1.69. The van der Waals surface area contributed by atoms with E-state index in [0.29, 0.717) is 22.1 Å². The van der Waals surface area contributed by atoms with Crippen LogP contribution in [0.1, 0.15) is 4.88 Å². The quantitative estimate of drug-likeness (QED) is 0.857. The maximum atomic E-state index is 12.2. The molecule has 96 valence electrons. The van der Waals surface area contributed by atoms with Crippen LogP contribution in [-0.4, -0.2) is 17.1 Å². The van der Waals surface area contributed by atoms with Crippen molar-refractivity contribution in [2.24, 2.45) is 0 Å². The van der Waals surface area contributed by atoms with E-state index in [1.165, 1.54) is 4.88 Å². The molecule has 3 nitrogen and oxygen atoms in total. The van der Waals surface area contributed by atoms with Crippen LogP contribution in [0, 0.1) is 0 Å². The fourth-order valence-electron chi connectivity index (χ4n) is 1.63. The largest absolute Gasteiger partial charge is 0.495 e. The van der Waals surface area contributed by atoms with E-state index in [1.54, 1.807) is 36.6 Å². The molecule has 0 amide bonds. The van der Waals surface area contributed by atoms with Gasteiger partial charge in [-0.05, 0) is 30.0 Å². The Hall–Kier alpha value is -1.33. The molecule has 18 heavy (non-hydrogen) atoms. The van der Waals surface area contributed by atoms with Crippen molar-refractivity contribution in [1.29, 1.82) is 0 Å². The predicted octanol–water partition coefficient (Wildman–Crippen LogP) is 2.69. The predicted molar refractivity (Wildman–Crippen MR) is 76.7 cm³/mol. The Balaban J connectivity index is 2.09. The summed E-state index contributed by atoms with van der Waals surface area (Å²) in [5.41, 5.74) is 6.29. The molecule has 5 heteroatoms. The maximum Gasteiger partial charge on any atom is 0.137 e. The summed E-state index contributed by atoms with van der Waals surface area (Å²) in [6.07, 6.45) is 0.817. The summed E-state index contributed by atoms with van der Waals surface area (Å²) in [5.74, 6) is 1.19. The molecule has 0 bridgehead atoms. The van der Waals surface area contributed by atoms with Crippen molar-refractivity contribution >= 4 is 27.8 Å². The molecule has 0 aliphatic heterocycles. The monoisotopic (exact) mass is 281 g/mol. The number of ether oxygens (including phenoxy) is 1. The van der Waals surface area contributed by atoms with Crippen LogP contribution in [0.2, 0.25) is 0 Å². The molecule has 0 spiro atoms. The van der Waals surface area contributed by atoms with Crippen LogP contribution < -0.4 is 10.5 Å². The summed E-state index contributed by atoms with van der Waals surface area (Å²) in [5, 5.41) is 2.03. The molecule has 0 saturated carbocycles. The molecule has 2 N–H and O–H groups in total. The van der Waals surface area contributed by atoms with Gasteiger partial charge in [-0.2, -0.15) is 0 Å². The van der Waals surface area contributed by atoms with Crippen molar-refractivity contribution in [3.8, 4) is 5.75 Å². The van der Waals surface area contributed by atoms with Crippen LogP contribution in [0.25, 0.3) is 0 Å². The molecule has 0 aliphatic carbocycles. The Morgan fingerprint density at radius 1 is 1.39 bits per heavy atom. The molecule has 2 aromatic rings. The van der Waals surface area contributed by atoms with E-state index >= 15 is 0 Å². The summed E-state index contributed by atoms with van der Waals surface area (Å²) < 4.78 is 17.4. The second kappa shape index (κ2) is 6.02. The number of aryl methyl sites for hydroxylation is 1. The van der Waals surface area contributed by atoms with Crippen molar-refractivity contribution in [1.82, 2.24) is 0 Å². The van der Waals surface area contributed by atoms with Gasteiger partial charge in [0.05, 0.1) is 22.8 Å². The molecule has 0 saturated heterocycles. The van der Waals surface area contributed by atoms with Crippen LogP contribution in [0.15, 0.2) is 40.6 Å². The Labute approximate surface area is 113 Å². The summed E-state index contributed by atoms with van der Waals surface area (Å²) in [7, 11) is 0.503. The number of nitrogen functional groups attached to an aromatic ring is 1. The van der Waals surface area contributed by atoms with Crippen molar-refractivity contribution in [2.45, 2.75) is 11.3 Å². The molecule has 0 radical (unpaired) electrons. The third-order valence-electron chi connectivity index (χ3n) is 2.55. The van der Waals surface area contributed by atoms with E-state index in [-0.39, 0.29) is 0 Å². The van der Waals surface area contributed by atoms with Gasteiger partial charge in [0.15, 0.2) is 0 Å². The minimum Gasteiger partial charge on any atom is -0.495 e. The van der Waals surface area contributed by atoms with Gasteiger partial charge in [0.2, 0.25) is 0 Å².